The molecule has 5 nitrogen and oxygen atoms in total. The molecule has 0 aliphatic carbocycles. The monoisotopic (exact) mass is 446 g/mol. The Kier molecular flexibility index (Phi) is 5.54. The Hall–Kier alpha value is -2.83. The first-order chi connectivity index (χ1) is 14.4. The van der Waals surface area contributed by atoms with E-state index in [1.807, 2.05) is 0 Å². The van der Waals surface area contributed by atoms with E-state index in [0.29, 0.717) is 28.0 Å². The Morgan fingerprint density at radius 1 is 1.20 bits per heavy atom. The first-order valence-electron chi connectivity index (χ1n) is 9.34. The average molecular weight is 447 g/mol. The number of nitrogens with zero attached hydrogens (tertiary/aromatic N) is 1. The average Bonchev–Trinajstić information content (AvgIpc) is 2.93. The predicted molar refractivity (Wildman–Crippen MR) is 114 cm³/mol. The Bertz CT molecular complexity index is 1200. The molecule has 1 aliphatic rings. The van der Waals surface area contributed by atoms with E-state index >= 15 is 0 Å². The lowest BCUT2D eigenvalue weighted by Crippen LogP contribution is -2.28. The number of benzene rings is 2. The van der Waals surface area contributed by atoms with E-state index < -0.39 is 5.97 Å². The van der Waals surface area contributed by atoms with Gasteiger partial charge in [0.25, 0.3) is 5.91 Å². The van der Waals surface area contributed by atoms with Gasteiger partial charge in [-0.05, 0) is 55.3 Å². The first-order valence-corrected chi connectivity index (χ1v) is 10.1. The van der Waals surface area contributed by atoms with Gasteiger partial charge in [0, 0.05) is 28.7 Å². The number of rotatable bonds is 3. The number of hydrogen-bond donors (Lipinski definition) is 1. The molecule has 3 aromatic rings. The second-order valence-electron chi connectivity index (χ2n) is 6.80. The van der Waals surface area contributed by atoms with Gasteiger partial charge in [0.2, 0.25) is 0 Å². The number of aromatic amines is 1. The lowest BCUT2D eigenvalue weighted by Gasteiger charge is -2.18. The van der Waals surface area contributed by atoms with E-state index in [-0.39, 0.29) is 41.0 Å². The van der Waals surface area contributed by atoms with Crippen LogP contribution in [-0.4, -0.2) is 34.9 Å². The second-order valence-corrected chi connectivity index (χ2v) is 7.65. The van der Waals surface area contributed by atoms with Crippen LogP contribution >= 0.6 is 23.2 Å². The van der Waals surface area contributed by atoms with Crippen molar-refractivity contribution in [2.24, 2.45) is 0 Å². The maximum Gasteiger partial charge on any atom is 0.341 e. The Balaban J connectivity index is 1.82. The topological polar surface area (TPSA) is 62.4 Å². The van der Waals surface area contributed by atoms with Crippen molar-refractivity contribution in [2.45, 2.75) is 13.3 Å². The van der Waals surface area contributed by atoms with Gasteiger partial charge in [0.05, 0.1) is 28.5 Å². The molecule has 0 fully saturated rings. The van der Waals surface area contributed by atoms with Crippen molar-refractivity contribution in [3.63, 3.8) is 0 Å². The van der Waals surface area contributed by atoms with E-state index in [1.54, 1.807) is 25.1 Å². The number of hydrogen-bond acceptors (Lipinski definition) is 3. The molecule has 1 aromatic heterocycles. The van der Waals surface area contributed by atoms with Crippen molar-refractivity contribution < 1.29 is 18.7 Å². The van der Waals surface area contributed by atoms with Crippen LogP contribution in [0, 0.1) is 5.82 Å². The minimum atomic E-state index is -0.576. The summed E-state index contributed by atoms with van der Waals surface area (Å²) in [6, 6.07) is 9.00. The maximum atomic E-state index is 13.9. The summed E-state index contributed by atoms with van der Waals surface area (Å²) in [7, 11) is 0. The van der Waals surface area contributed by atoms with Crippen molar-refractivity contribution in [1.82, 2.24) is 9.88 Å². The van der Waals surface area contributed by atoms with Crippen molar-refractivity contribution >= 4 is 51.6 Å². The van der Waals surface area contributed by atoms with Crippen LogP contribution in [0.5, 0.6) is 0 Å². The third-order valence-electron chi connectivity index (χ3n) is 4.94. The molecule has 0 radical (unpaired) electrons. The summed E-state index contributed by atoms with van der Waals surface area (Å²) in [5.41, 5.74) is 2.44. The summed E-state index contributed by atoms with van der Waals surface area (Å²) >= 11 is 12.1. The standard InChI is InChI=1S/C22H17Cl2FN2O3/c1-2-30-22(29)17-11-27(21(28)15-5-3-12(23)9-18(15)24)8-7-14-16-10-13(25)4-6-19(16)26-20(14)17/h3-6,9-11,26H,2,7-8H2,1H3. The van der Waals surface area contributed by atoms with Gasteiger partial charge in [0.15, 0.2) is 0 Å². The molecule has 0 atom stereocenters. The Morgan fingerprint density at radius 2 is 2.00 bits per heavy atom. The van der Waals surface area contributed by atoms with E-state index in [9.17, 15) is 14.0 Å². The molecule has 0 unspecified atom stereocenters. The summed E-state index contributed by atoms with van der Waals surface area (Å²) in [5, 5.41) is 1.30. The second kappa shape index (κ2) is 8.13. The van der Waals surface area contributed by atoms with E-state index in [0.717, 1.165) is 5.56 Å². The summed E-state index contributed by atoms with van der Waals surface area (Å²) in [6.07, 6.45) is 1.87. The van der Waals surface area contributed by atoms with Crippen LogP contribution in [0.4, 0.5) is 4.39 Å². The molecule has 30 heavy (non-hydrogen) atoms. The molecule has 1 N–H and O–H groups in total. The van der Waals surface area contributed by atoms with Crippen LogP contribution in [0.25, 0.3) is 16.5 Å². The summed E-state index contributed by atoms with van der Waals surface area (Å²) in [6.45, 7) is 2.15. The molecule has 154 valence electrons. The largest absolute Gasteiger partial charge is 0.462 e. The van der Waals surface area contributed by atoms with E-state index in [2.05, 4.69) is 4.98 Å². The van der Waals surface area contributed by atoms with Gasteiger partial charge in [-0.3, -0.25) is 4.79 Å². The van der Waals surface area contributed by atoms with Gasteiger partial charge in [-0.25, -0.2) is 9.18 Å². The molecule has 4 rings (SSSR count). The minimum Gasteiger partial charge on any atom is -0.462 e. The van der Waals surface area contributed by atoms with Crippen molar-refractivity contribution in [3.05, 3.63) is 75.3 Å². The van der Waals surface area contributed by atoms with Crippen LogP contribution in [0.2, 0.25) is 10.0 Å². The van der Waals surface area contributed by atoms with Gasteiger partial charge < -0.3 is 14.6 Å². The van der Waals surface area contributed by atoms with Crippen LogP contribution < -0.4 is 0 Å². The molecule has 0 saturated carbocycles. The number of carbonyl (C=O) groups excluding carboxylic acids is 2. The fourth-order valence-corrected chi connectivity index (χ4v) is 4.06. The SMILES string of the molecule is CCOC(=O)C1=CN(C(=O)c2ccc(Cl)cc2Cl)CCc2c1[nH]c1ccc(F)cc21. The molecule has 0 bridgehead atoms. The van der Waals surface area contributed by atoms with Crippen molar-refractivity contribution in [2.75, 3.05) is 13.2 Å². The molecule has 1 aliphatic heterocycles. The molecule has 0 saturated heterocycles. The lowest BCUT2D eigenvalue weighted by molar-refractivity contribution is -0.136. The van der Waals surface area contributed by atoms with Crippen molar-refractivity contribution in [3.8, 4) is 0 Å². The van der Waals surface area contributed by atoms with Gasteiger partial charge in [-0.15, -0.1) is 0 Å². The third kappa shape index (κ3) is 3.68. The number of esters is 1. The molecule has 2 aromatic carbocycles. The highest BCUT2D eigenvalue weighted by Gasteiger charge is 2.28. The first kappa shape index (κ1) is 20.4. The smallest absolute Gasteiger partial charge is 0.341 e. The molecule has 1 amide bonds. The van der Waals surface area contributed by atoms with Crippen molar-refractivity contribution in [1.29, 1.82) is 0 Å². The number of carbonyl (C=O) groups is 2. The minimum absolute atomic E-state index is 0.178. The highest BCUT2D eigenvalue weighted by atomic mass is 35.5. The fourth-order valence-electron chi connectivity index (χ4n) is 3.57. The van der Waals surface area contributed by atoms with E-state index in [4.69, 9.17) is 27.9 Å². The van der Waals surface area contributed by atoms with Crippen LogP contribution in [0.3, 0.4) is 0 Å². The summed E-state index contributed by atoms with van der Waals surface area (Å²) in [5.74, 6) is -1.33. The van der Waals surface area contributed by atoms with Gasteiger partial charge in [-0.1, -0.05) is 23.2 Å². The highest BCUT2D eigenvalue weighted by Crippen LogP contribution is 2.33. The predicted octanol–water partition coefficient (Wildman–Crippen LogP) is 5.22. The normalized spacial score (nSPS) is 13.6. The van der Waals surface area contributed by atoms with Gasteiger partial charge in [-0.2, -0.15) is 0 Å². The lowest BCUT2D eigenvalue weighted by atomic mass is 10.0. The molecule has 0 spiro atoms. The maximum absolute atomic E-state index is 13.9. The van der Waals surface area contributed by atoms with E-state index in [1.165, 1.54) is 29.3 Å². The van der Waals surface area contributed by atoms with Crippen LogP contribution in [0.1, 0.15) is 28.5 Å². The number of H-pyrrole nitrogens is 1. The molecular weight excluding hydrogens is 430 g/mol. The highest BCUT2D eigenvalue weighted by molar-refractivity contribution is 6.36. The number of aromatic nitrogens is 1. The number of nitrogens with one attached hydrogen (secondary N) is 1. The van der Waals surface area contributed by atoms with Gasteiger partial charge in [0.1, 0.15) is 5.82 Å². The third-order valence-corrected chi connectivity index (χ3v) is 5.49. The number of amides is 1. The van der Waals surface area contributed by atoms with Crippen LogP contribution in [0.15, 0.2) is 42.6 Å². The Morgan fingerprint density at radius 3 is 2.73 bits per heavy atom. The summed E-state index contributed by atoms with van der Waals surface area (Å²) in [4.78, 5) is 30.4. The number of ether oxygens (including phenoxy) is 1. The zero-order valence-corrected chi connectivity index (χ0v) is 17.5. The van der Waals surface area contributed by atoms with Crippen LogP contribution in [-0.2, 0) is 16.0 Å². The molecule has 2 heterocycles. The zero-order valence-electron chi connectivity index (χ0n) is 16.0. The van der Waals surface area contributed by atoms with Gasteiger partial charge >= 0.3 is 5.97 Å². The molecular formula is C22H17Cl2FN2O3. The Labute approximate surface area is 182 Å². The quantitative estimate of drug-likeness (QED) is 0.561. The fraction of sp³-hybridized carbons (Fsp3) is 0.182. The summed E-state index contributed by atoms with van der Waals surface area (Å²) < 4.78 is 19.1. The number of halogens is 3. The molecule has 8 heteroatoms. The zero-order chi connectivity index (χ0) is 21.4. The number of fused-ring (bicyclic) bond motifs is 3.